The van der Waals surface area contributed by atoms with Gasteiger partial charge in [0.1, 0.15) is 0 Å². The molecule has 0 saturated carbocycles. The first-order valence-corrected chi connectivity index (χ1v) is 6.46. The summed E-state index contributed by atoms with van der Waals surface area (Å²) in [7, 11) is 0. The van der Waals surface area contributed by atoms with Crippen LogP contribution in [0, 0.1) is 6.92 Å². The Morgan fingerprint density at radius 1 is 1.19 bits per heavy atom. The van der Waals surface area contributed by atoms with Crippen molar-refractivity contribution in [3.63, 3.8) is 0 Å². The van der Waals surface area contributed by atoms with Crippen LogP contribution in [0.5, 0.6) is 0 Å². The van der Waals surface area contributed by atoms with E-state index >= 15 is 0 Å². The van der Waals surface area contributed by atoms with Crippen LogP contribution >= 0.6 is 0 Å². The van der Waals surface area contributed by atoms with E-state index in [1.165, 1.54) is 0 Å². The van der Waals surface area contributed by atoms with E-state index in [9.17, 15) is 9.90 Å². The number of aromatic nitrogens is 3. The van der Waals surface area contributed by atoms with Crippen molar-refractivity contribution in [3.8, 4) is 16.9 Å². The summed E-state index contributed by atoms with van der Waals surface area (Å²) in [4.78, 5) is 15.3. The minimum atomic E-state index is -1.05. The maximum Gasteiger partial charge on any atom is 0.356 e. The molecule has 1 N–H and O–H groups in total. The van der Waals surface area contributed by atoms with Gasteiger partial charge in [0.25, 0.3) is 0 Å². The summed E-state index contributed by atoms with van der Waals surface area (Å²) in [5.41, 5.74) is 3.40. The fraction of sp³-hybridized carbons (Fsp3) is 0.0625. The lowest BCUT2D eigenvalue weighted by Gasteiger charge is -2.09. The van der Waals surface area contributed by atoms with Crippen molar-refractivity contribution >= 4 is 5.97 Å². The summed E-state index contributed by atoms with van der Waals surface area (Å²) in [6.07, 6.45) is 3.37. The number of aromatic carboxylic acids is 1. The molecule has 3 rings (SSSR count). The molecule has 0 aliphatic rings. The standard InChI is InChI=1S/C16H13N3O2/c1-11-5-2-3-7-14(11)19-15(9-13(18-19)16(20)21)12-6-4-8-17-10-12/h2-10H,1H3,(H,20,21). The number of pyridine rings is 1. The van der Waals surface area contributed by atoms with Crippen LogP contribution in [0.3, 0.4) is 0 Å². The highest BCUT2D eigenvalue weighted by molar-refractivity contribution is 5.87. The Kier molecular flexibility index (Phi) is 3.23. The van der Waals surface area contributed by atoms with E-state index in [-0.39, 0.29) is 5.69 Å². The number of hydrogen-bond donors (Lipinski definition) is 1. The highest BCUT2D eigenvalue weighted by Crippen LogP contribution is 2.24. The molecule has 0 amide bonds. The summed E-state index contributed by atoms with van der Waals surface area (Å²) in [5, 5.41) is 13.4. The van der Waals surface area contributed by atoms with Crippen molar-refractivity contribution in [2.75, 3.05) is 0 Å². The van der Waals surface area contributed by atoms with Gasteiger partial charge in [0.05, 0.1) is 11.4 Å². The number of carboxylic acids is 1. The number of carboxylic acid groups (broad SMARTS) is 1. The van der Waals surface area contributed by atoms with E-state index in [1.54, 1.807) is 23.1 Å². The first-order chi connectivity index (χ1) is 10.2. The number of hydrogen-bond acceptors (Lipinski definition) is 3. The van der Waals surface area contributed by atoms with Crippen molar-refractivity contribution in [2.24, 2.45) is 0 Å². The van der Waals surface area contributed by atoms with E-state index in [0.29, 0.717) is 5.69 Å². The molecule has 5 heteroatoms. The molecular weight excluding hydrogens is 266 g/mol. The quantitative estimate of drug-likeness (QED) is 0.800. The molecule has 104 valence electrons. The monoisotopic (exact) mass is 279 g/mol. The van der Waals surface area contributed by atoms with Crippen molar-refractivity contribution in [1.82, 2.24) is 14.8 Å². The lowest BCUT2D eigenvalue weighted by molar-refractivity contribution is 0.0690. The average molecular weight is 279 g/mol. The number of benzene rings is 1. The van der Waals surface area contributed by atoms with Crippen molar-refractivity contribution in [3.05, 3.63) is 66.1 Å². The molecule has 0 atom stereocenters. The zero-order valence-corrected chi connectivity index (χ0v) is 11.4. The maximum atomic E-state index is 11.2. The smallest absolute Gasteiger partial charge is 0.356 e. The Balaban J connectivity index is 2.24. The van der Waals surface area contributed by atoms with Gasteiger partial charge < -0.3 is 5.11 Å². The third-order valence-electron chi connectivity index (χ3n) is 3.23. The molecule has 2 heterocycles. The van der Waals surface area contributed by atoms with Gasteiger partial charge in [-0.3, -0.25) is 4.98 Å². The number of carbonyl (C=O) groups is 1. The van der Waals surface area contributed by atoms with Gasteiger partial charge in [0.15, 0.2) is 5.69 Å². The number of nitrogens with zero attached hydrogens (tertiary/aromatic N) is 3. The van der Waals surface area contributed by atoms with E-state index in [1.807, 2.05) is 43.3 Å². The van der Waals surface area contributed by atoms with Crippen LogP contribution in [0.1, 0.15) is 16.1 Å². The normalized spacial score (nSPS) is 10.5. The Morgan fingerprint density at radius 2 is 2.00 bits per heavy atom. The van der Waals surface area contributed by atoms with Gasteiger partial charge in [0, 0.05) is 18.0 Å². The Morgan fingerprint density at radius 3 is 2.67 bits per heavy atom. The molecule has 0 spiro atoms. The van der Waals surface area contributed by atoms with Gasteiger partial charge in [-0.05, 0) is 36.8 Å². The third-order valence-corrected chi connectivity index (χ3v) is 3.23. The van der Waals surface area contributed by atoms with E-state index in [4.69, 9.17) is 0 Å². The molecule has 0 bridgehead atoms. The SMILES string of the molecule is Cc1ccccc1-n1nc(C(=O)O)cc1-c1cccnc1. The van der Waals surface area contributed by atoms with Gasteiger partial charge in [0.2, 0.25) is 0 Å². The lowest BCUT2D eigenvalue weighted by Crippen LogP contribution is -2.03. The summed E-state index contributed by atoms with van der Waals surface area (Å²) in [6, 6.07) is 13.0. The second kappa shape index (κ2) is 5.20. The molecule has 2 aromatic heterocycles. The second-order valence-electron chi connectivity index (χ2n) is 4.66. The van der Waals surface area contributed by atoms with E-state index in [0.717, 1.165) is 16.8 Å². The molecule has 5 nitrogen and oxygen atoms in total. The summed E-state index contributed by atoms with van der Waals surface area (Å²) in [5.74, 6) is -1.05. The minimum Gasteiger partial charge on any atom is -0.476 e. The van der Waals surface area contributed by atoms with Crippen molar-refractivity contribution in [2.45, 2.75) is 6.92 Å². The van der Waals surface area contributed by atoms with Gasteiger partial charge in [-0.25, -0.2) is 9.48 Å². The Bertz CT molecular complexity index is 794. The number of aryl methyl sites for hydroxylation is 1. The second-order valence-corrected chi connectivity index (χ2v) is 4.66. The first-order valence-electron chi connectivity index (χ1n) is 6.46. The zero-order valence-electron chi connectivity index (χ0n) is 11.4. The molecule has 3 aromatic rings. The lowest BCUT2D eigenvalue weighted by atomic mass is 10.1. The summed E-state index contributed by atoms with van der Waals surface area (Å²) >= 11 is 0. The largest absolute Gasteiger partial charge is 0.476 e. The first kappa shape index (κ1) is 13.1. The Labute approximate surface area is 121 Å². The van der Waals surface area contributed by atoms with Gasteiger partial charge in [-0.15, -0.1) is 0 Å². The molecule has 0 saturated heterocycles. The Hall–Kier alpha value is -2.95. The van der Waals surface area contributed by atoms with Crippen LogP contribution in [0.4, 0.5) is 0 Å². The fourth-order valence-corrected chi connectivity index (χ4v) is 2.19. The highest BCUT2D eigenvalue weighted by atomic mass is 16.4. The van der Waals surface area contributed by atoms with Gasteiger partial charge >= 0.3 is 5.97 Å². The zero-order chi connectivity index (χ0) is 14.8. The maximum absolute atomic E-state index is 11.2. The molecule has 0 fully saturated rings. The molecule has 0 radical (unpaired) electrons. The third kappa shape index (κ3) is 2.41. The predicted molar refractivity (Wildman–Crippen MR) is 78.5 cm³/mol. The number of para-hydroxylation sites is 1. The highest BCUT2D eigenvalue weighted by Gasteiger charge is 2.16. The molecular formula is C16H13N3O2. The van der Waals surface area contributed by atoms with Crippen molar-refractivity contribution in [1.29, 1.82) is 0 Å². The summed E-state index contributed by atoms with van der Waals surface area (Å²) in [6.45, 7) is 1.96. The fourth-order valence-electron chi connectivity index (χ4n) is 2.19. The van der Waals surface area contributed by atoms with Gasteiger partial charge in [-0.1, -0.05) is 18.2 Å². The predicted octanol–water partition coefficient (Wildman–Crippen LogP) is 2.94. The summed E-state index contributed by atoms with van der Waals surface area (Å²) < 4.78 is 1.65. The topological polar surface area (TPSA) is 68.0 Å². The van der Waals surface area contributed by atoms with Crippen LogP contribution in [-0.2, 0) is 0 Å². The van der Waals surface area contributed by atoms with Crippen LogP contribution in [0.25, 0.3) is 16.9 Å². The van der Waals surface area contributed by atoms with Crippen molar-refractivity contribution < 1.29 is 9.90 Å². The molecule has 21 heavy (non-hydrogen) atoms. The van der Waals surface area contributed by atoms with Gasteiger partial charge in [-0.2, -0.15) is 5.10 Å². The average Bonchev–Trinajstić information content (AvgIpc) is 2.94. The van der Waals surface area contributed by atoms with Crippen LogP contribution in [0.15, 0.2) is 54.9 Å². The molecule has 0 unspecified atom stereocenters. The molecule has 1 aromatic carbocycles. The van der Waals surface area contributed by atoms with Crippen LogP contribution < -0.4 is 0 Å². The van der Waals surface area contributed by atoms with E-state index in [2.05, 4.69) is 10.1 Å². The minimum absolute atomic E-state index is 0.0112. The van der Waals surface area contributed by atoms with Crippen LogP contribution in [-0.4, -0.2) is 25.8 Å². The van der Waals surface area contributed by atoms with Crippen LogP contribution in [0.2, 0.25) is 0 Å². The molecule has 0 aliphatic heterocycles. The number of rotatable bonds is 3. The molecule has 0 aliphatic carbocycles. The van der Waals surface area contributed by atoms with E-state index < -0.39 is 5.97 Å².